The fourth-order valence-corrected chi connectivity index (χ4v) is 4.73. The van der Waals surface area contributed by atoms with E-state index in [2.05, 4.69) is 31.9 Å². The minimum Gasteiger partial charge on any atom is -0.298 e. The van der Waals surface area contributed by atoms with Crippen LogP contribution in [0.5, 0.6) is 0 Å². The van der Waals surface area contributed by atoms with Gasteiger partial charge in [0.25, 0.3) is 0 Å². The minimum atomic E-state index is -1.21. The van der Waals surface area contributed by atoms with Crippen LogP contribution in [-0.4, -0.2) is 17.9 Å². The quantitative estimate of drug-likeness (QED) is 0.241. The summed E-state index contributed by atoms with van der Waals surface area (Å²) in [5, 5.41) is 0.347. The van der Waals surface area contributed by atoms with Gasteiger partial charge in [-0.2, -0.15) is 0 Å². The van der Waals surface area contributed by atoms with E-state index in [0.29, 0.717) is 11.3 Å². The van der Waals surface area contributed by atoms with Gasteiger partial charge >= 0.3 is 0 Å². The molecule has 3 rings (SSSR count). The van der Waals surface area contributed by atoms with Crippen LogP contribution in [0.15, 0.2) is 51.4 Å². The van der Waals surface area contributed by atoms with Gasteiger partial charge < -0.3 is 0 Å². The number of ketones is 2. The molecule has 0 N–H and O–H groups in total. The van der Waals surface area contributed by atoms with E-state index in [-0.39, 0.29) is 41.8 Å². The van der Waals surface area contributed by atoms with Crippen molar-refractivity contribution in [3.05, 3.63) is 101 Å². The van der Waals surface area contributed by atoms with Gasteiger partial charge in [-0.3, -0.25) is 14.4 Å². The molecule has 3 nitrogen and oxygen atoms in total. The van der Waals surface area contributed by atoms with Crippen molar-refractivity contribution < 1.29 is 23.2 Å². The molecule has 3 aromatic carbocycles. The maximum absolute atomic E-state index is 13.7. The van der Waals surface area contributed by atoms with Crippen molar-refractivity contribution in [1.29, 1.82) is 0 Å². The van der Waals surface area contributed by atoms with Gasteiger partial charge in [-0.25, -0.2) is 8.78 Å². The normalized spacial score (nSPS) is 10.7. The van der Waals surface area contributed by atoms with Crippen LogP contribution in [0.1, 0.15) is 42.2 Å². The molecule has 0 heterocycles. The first-order chi connectivity index (χ1) is 14.1. The summed E-state index contributed by atoms with van der Waals surface area (Å²) >= 11 is 18.4. The van der Waals surface area contributed by atoms with E-state index in [9.17, 15) is 23.2 Å². The number of carbonyl (C=O) groups is 3. The smallest absolute Gasteiger partial charge is 0.196 e. The maximum atomic E-state index is 13.7. The zero-order valence-electron chi connectivity index (χ0n) is 14.6. The van der Waals surface area contributed by atoms with Crippen molar-refractivity contribution in [3.63, 3.8) is 0 Å². The Morgan fingerprint density at radius 2 is 1.57 bits per heavy atom. The summed E-state index contributed by atoms with van der Waals surface area (Å²) in [4.78, 5) is 37.9. The first kappa shape index (κ1) is 22.7. The molecule has 0 spiro atoms. The molecule has 0 saturated carbocycles. The molecule has 0 saturated heterocycles. The Balaban J connectivity index is 2.27. The Morgan fingerprint density at radius 3 is 2.17 bits per heavy atom. The zero-order valence-corrected chi connectivity index (χ0v) is 19.3. The summed E-state index contributed by atoms with van der Waals surface area (Å²) < 4.78 is 27.2. The molecule has 0 aliphatic rings. The molecular formula is C21H8Br2Cl2F2O3. The van der Waals surface area contributed by atoms with Crippen molar-refractivity contribution in [2.45, 2.75) is 0 Å². The van der Waals surface area contributed by atoms with E-state index in [0.717, 1.165) is 18.2 Å². The van der Waals surface area contributed by atoms with Crippen LogP contribution in [-0.2, 0) is 0 Å². The molecule has 0 fully saturated rings. The number of halogens is 6. The molecule has 9 heteroatoms. The first-order valence-electron chi connectivity index (χ1n) is 8.12. The summed E-state index contributed by atoms with van der Waals surface area (Å²) in [6.07, 6.45) is 0.500. The fraction of sp³-hybridized carbons (Fsp3) is 0. The summed E-state index contributed by atoms with van der Waals surface area (Å²) in [6.45, 7) is 0. The highest BCUT2D eigenvalue weighted by Crippen LogP contribution is 2.35. The van der Waals surface area contributed by atoms with Crippen LogP contribution in [0, 0.1) is 11.6 Å². The molecule has 0 aliphatic heterocycles. The molecule has 152 valence electrons. The lowest BCUT2D eigenvalue weighted by atomic mass is 9.91. The molecule has 3 aromatic rings. The zero-order chi connectivity index (χ0) is 22.2. The fourth-order valence-electron chi connectivity index (χ4n) is 2.74. The second kappa shape index (κ2) is 9.06. The number of rotatable bonds is 5. The lowest BCUT2D eigenvalue weighted by Gasteiger charge is -2.15. The number of aldehydes is 1. The third kappa shape index (κ3) is 4.25. The molecular weight excluding hydrogens is 569 g/mol. The molecule has 0 aliphatic carbocycles. The van der Waals surface area contributed by atoms with Crippen LogP contribution in [0.25, 0.3) is 0 Å². The number of carbonyl (C=O) groups excluding carboxylic acids is 3. The van der Waals surface area contributed by atoms with Crippen LogP contribution in [0.4, 0.5) is 8.78 Å². The van der Waals surface area contributed by atoms with Crippen molar-refractivity contribution >= 4 is 72.9 Å². The van der Waals surface area contributed by atoms with Crippen LogP contribution < -0.4 is 0 Å². The molecule has 0 amide bonds. The SMILES string of the molecule is O=Cc1c(Br)cc(C(=O)c2ccc(F)c(F)c2)c(C(=O)c2ccc(Cl)cc2Cl)c1Br. The predicted molar refractivity (Wildman–Crippen MR) is 117 cm³/mol. The lowest BCUT2D eigenvalue weighted by molar-refractivity contribution is 0.100. The van der Waals surface area contributed by atoms with Gasteiger partial charge in [0.1, 0.15) is 0 Å². The van der Waals surface area contributed by atoms with Crippen molar-refractivity contribution in [3.8, 4) is 0 Å². The van der Waals surface area contributed by atoms with Crippen LogP contribution >= 0.6 is 55.1 Å². The molecule has 0 aromatic heterocycles. The van der Waals surface area contributed by atoms with E-state index in [1.54, 1.807) is 0 Å². The Kier molecular flexibility index (Phi) is 6.87. The summed E-state index contributed by atoms with van der Waals surface area (Å²) in [5.74, 6) is -3.74. The first-order valence-corrected chi connectivity index (χ1v) is 10.5. The van der Waals surface area contributed by atoms with Crippen molar-refractivity contribution in [1.82, 2.24) is 0 Å². The molecule has 0 radical (unpaired) electrons. The summed E-state index contributed by atoms with van der Waals surface area (Å²) in [6, 6.07) is 8.11. The van der Waals surface area contributed by atoms with Crippen LogP contribution in [0.2, 0.25) is 10.0 Å². The number of hydrogen-bond acceptors (Lipinski definition) is 3. The van der Waals surface area contributed by atoms with Gasteiger partial charge in [-0.05, 0) is 74.3 Å². The highest BCUT2D eigenvalue weighted by Gasteiger charge is 2.27. The highest BCUT2D eigenvalue weighted by molar-refractivity contribution is 9.11. The third-order valence-electron chi connectivity index (χ3n) is 4.20. The van der Waals surface area contributed by atoms with Gasteiger partial charge in [0.15, 0.2) is 29.5 Å². The second-order valence-electron chi connectivity index (χ2n) is 6.04. The van der Waals surface area contributed by atoms with Crippen LogP contribution in [0.3, 0.4) is 0 Å². The highest BCUT2D eigenvalue weighted by atomic mass is 79.9. The Hall–Kier alpha value is -1.93. The molecule has 30 heavy (non-hydrogen) atoms. The third-order valence-corrected chi connectivity index (χ3v) is 6.23. The van der Waals surface area contributed by atoms with Gasteiger partial charge in [0.2, 0.25) is 0 Å². The Labute approximate surface area is 196 Å². The predicted octanol–water partition coefficient (Wildman–Crippen LogP) is 7.07. The Morgan fingerprint density at radius 1 is 0.867 bits per heavy atom. The average Bonchev–Trinajstić information content (AvgIpc) is 2.69. The lowest BCUT2D eigenvalue weighted by Crippen LogP contribution is -2.14. The van der Waals surface area contributed by atoms with E-state index in [1.807, 2.05) is 0 Å². The second-order valence-corrected chi connectivity index (χ2v) is 8.53. The topological polar surface area (TPSA) is 51.2 Å². The van der Waals surface area contributed by atoms with E-state index < -0.39 is 23.2 Å². The monoisotopic (exact) mass is 574 g/mol. The van der Waals surface area contributed by atoms with Crippen molar-refractivity contribution in [2.75, 3.05) is 0 Å². The van der Waals surface area contributed by atoms with E-state index in [1.165, 1.54) is 24.3 Å². The van der Waals surface area contributed by atoms with Gasteiger partial charge in [0, 0.05) is 41.8 Å². The van der Waals surface area contributed by atoms with Gasteiger partial charge in [0.05, 0.1) is 5.02 Å². The summed E-state index contributed by atoms with van der Waals surface area (Å²) in [5.41, 5.74) is -0.339. The number of benzene rings is 3. The largest absolute Gasteiger partial charge is 0.298 e. The van der Waals surface area contributed by atoms with Gasteiger partial charge in [-0.1, -0.05) is 23.2 Å². The molecule has 0 unspecified atom stereocenters. The van der Waals surface area contributed by atoms with Gasteiger partial charge in [-0.15, -0.1) is 0 Å². The minimum absolute atomic E-state index is 0.0419. The molecule has 0 atom stereocenters. The number of hydrogen-bond donors (Lipinski definition) is 0. The van der Waals surface area contributed by atoms with E-state index in [4.69, 9.17) is 23.2 Å². The maximum Gasteiger partial charge on any atom is 0.196 e. The van der Waals surface area contributed by atoms with Crippen molar-refractivity contribution in [2.24, 2.45) is 0 Å². The summed E-state index contributed by atoms with van der Waals surface area (Å²) in [7, 11) is 0. The Bertz CT molecular complexity index is 1230. The standard InChI is InChI=1S/C21H8Br2Cl2F2O3/c22-14-7-12(20(29)9-1-4-16(26)17(27)5-9)18(19(23)13(14)8-28)21(30)11-3-2-10(24)6-15(11)25/h1-8H. The van der Waals surface area contributed by atoms with E-state index >= 15 is 0 Å². The molecule has 0 bridgehead atoms. The average molecular weight is 577 g/mol.